The lowest BCUT2D eigenvalue weighted by Crippen LogP contribution is -2.38. The first-order valence-electron chi connectivity index (χ1n) is 11.6. The van der Waals surface area contributed by atoms with E-state index in [4.69, 9.17) is 23.4 Å². The van der Waals surface area contributed by atoms with Crippen LogP contribution < -0.4 is 14.2 Å². The Morgan fingerprint density at radius 2 is 1.71 bits per heavy atom. The fourth-order valence-corrected chi connectivity index (χ4v) is 3.95. The van der Waals surface area contributed by atoms with Crippen molar-refractivity contribution in [3.05, 3.63) is 71.9 Å². The second kappa shape index (κ2) is 12.2. The zero-order valence-electron chi connectivity index (χ0n) is 20.1. The Morgan fingerprint density at radius 3 is 2.34 bits per heavy atom. The highest BCUT2D eigenvalue weighted by Crippen LogP contribution is 2.39. The molecule has 0 radical (unpaired) electrons. The van der Waals surface area contributed by atoms with Gasteiger partial charge in [-0.3, -0.25) is 14.7 Å². The summed E-state index contributed by atoms with van der Waals surface area (Å²) in [5.41, 5.74) is 1.80. The summed E-state index contributed by atoms with van der Waals surface area (Å²) in [6.45, 7) is 5.28. The number of nitrogens with zero attached hydrogens (tertiary/aromatic N) is 3. The van der Waals surface area contributed by atoms with Gasteiger partial charge in [-0.1, -0.05) is 0 Å². The molecule has 1 saturated heterocycles. The number of benzene rings is 1. The molecule has 0 saturated carbocycles. The molecule has 4 rings (SSSR count). The summed E-state index contributed by atoms with van der Waals surface area (Å²) in [5.74, 6) is 1.72. The Hall–Kier alpha value is -3.56. The van der Waals surface area contributed by atoms with E-state index < -0.39 is 0 Å². The number of pyridine rings is 1. The summed E-state index contributed by atoms with van der Waals surface area (Å²) in [4.78, 5) is 21.3. The molecule has 9 heteroatoms. The van der Waals surface area contributed by atoms with Crippen LogP contribution in [0, 0.1) is 0 Å². The minimum Gasteiger partial charge on any atom is -0.493 e. The maximum atomic E-state index is 13.2. The first kappa shape index (κ1) is 24.6. The molecule has 1 aliphatic rings. The number of carbonyl (C=O) groups excluding carboxylic acids is 1. The van der Waals surface area contributed by atoms with Gasteiger partial charge in [0.25, 0.3) is 5.91 Å². The van der Waals surface area contributed by atoms with E-state index in [0.29, 0.717) is 36.9 Å². The van der Waals surface area contributed by atoms with E-state index in [-0.39, 0.29) is 11.7 Å². The molecule has 0 bridgehead atoms. The fourth-order valence-electron chi connectivity index (χ4n) is 3.95. The quantitative estimate of drug-likeness (QED) is 0.413. The van der Waals surface area contributed by atoms with Gasteiger partial charge >= 0.3 is 0 Å². The highest BCUT2D eigenvalue weighted by molar-refractivity contribution is 5.91. The van der Waals surface area contributed by atoms with Crippen LogP contribution >= 0.6 is 0 Å². The molecule has 35 heavy (non-hydrogen) atoms. The number of amides is 1. The summed E-state index contributed by atoms with van der Waals surface area (Å²) in [7, 11) is 3.19. The minimum absolute atomic E-state index is 0.212. The van der Waals surface area contributed by atoms with E-state index in [2.05, 4.69) is 9.88 Å². The van der Waals surface area contributed by atoms with Crippen LogP contribution in [0.4, 0.5) is 0 Å². The molecular formula is C26H31N3O6. The molecule has 0 atom stereocenters. The van der Waals surface area contributed by atoms with Crippen molar-refractivity contribution in [2.75, 3.05) is 53.7 Å². The van der Waals surface area contributed by atoms with Crippen molar-refractivity contribution < 1.29 is 28.2 Å². The van der Waals surface area contributed by atoms with Gasteiger partial charge in [0, 0.05) is 45.1 Å². The number of methoxy groups -OCH3 is 2. The smallest absolute Gasteiger partial charge is 0.290 e. The van der Waals surface area contributed by atoms with Crippen molar-refractivity contribution in [1.29, 1.82) is 0 Å². The minimum atomic E-state index is -0.212. The van der Waals surface area contributed by atoms with E-state index >= 15 is 0 Å². The number of aromatic nitrogens is 1. The van der Waals surface area contributed by atoms with Crippen LogP contribution in [0.1, 0.15) is 21.7 Å². The van der Waals surface area contributed by atoms with Gasteiger partial charge in [-0.2, -0.15) is 0 Å². The van der Waals surface area contributed by atoms with Gasteiger partial charge in [0.2, 0.25) is 5.75 Å². The Morgan fingerprint density at radius 1 is 1.03 bits per heavy atom. The number of hydrogen-bond donors (Lipinski definition) is 0. The predicted molar refractivity (Wildman–Crippen MR) is 129 cm³/mol. The SMILES string of the molecule is COc1cc(CN(Cc2ccncc2)C(=O)c2ccco2)cc(OC)c1OCCN1CCOCC1. The lowest BCUT2D eigenvalue weighted by Gasteiger charge is -2.27. The molecule has 9 nitrogen and oxygen atoms in total. The monoisotopic (exact) mass is 481 g/mol. The standard InChI is InChI=1S/C26H31N3O6/c1-31-23-16-21(17-24(32-2)25(23)35-15-11-28-9-13-33-14-10-28)19-29(18-20-5-7-27-8-6-20)26(30)22-4-3-12-34-22/h3-8,12,16-17H,9-11,13-15,18-19H2,1-2H3. The largest absolute Gasteiger partial charge is 0.493 e. The highest BCUT2D eigenvalue weighted by atomic mass is 16.5. The van der Waals surface area contributed by atoms with Crippen molar-refractivity contribution in [2.45, 2.75) is 13.1 Å². The molecule has 1 fully saturated rings. The molecule has 1 amide bonds. The summed E-state index contributed by atoms with van der Waals surface area (Å²) in [6.07, 6.45) is 4.91. The summed E-state index contributed by atoms with van der Waals surface area (Å²) >= 11 is 0. The van der Waals surface area contributed by atoms with Crippen molar-refractivity contribution in [2.24, 2.45) is 0 Å². The maximum absolute atomic E-state index is 13.2. The van der Waals surface area contributed by atoms with E-state index in [1.165, 1.54) is 6.26 Å². The summed E-state index contributed by atoms with van der Waals surface area (Å²) < 4.78 is 28.1. The summed E-state index contributed by atoms with van der Waals surface area (Å²) in [5, 5.41) is 0. The molecule has 2 aromatic heterocycles. The highest BCUT2D eigenvalue weighted by Gasteiger charge is 2.22. The predicted octanol–water partition coefficient (Wildman–Crippen LogP) is 3.25. The molecule has 3 aromatic rings. The van der Waals surface area contributed by atoms with Crippen LogP contribution in [0.2, 0.25) is 0 Å². The maximum Gasteiger partial charge on any atom is 0.290 e. The molecular weight excluding hydrogens is 450 g/mol. The zero-order chi connectivity index (χ0) is 24.5. The van der Waals surface area contributed by atoms with Gasteiger partial charge in [-0.25, -0.2) is 0 Å². The molecule has 186 valence electrons. The molecule has 1 aromatic carbocycles. The van der Waals surface area contributed by atoms with Gasteiger partial charge in [-0.15, -0.1) is 0 Å². The second-order valence-electron chi connectivity index (χ2n) is 8.13. The van der Waals surface area contributed by atoms with E-state index in [1.807, 2.05) is 24.3 Å². The molecule has 3 heterocycles. The second-order valence-corrected chi connectivity index (χ2v) is 8.13. The normalized spacial score (nSPS) is 13.9. The average molecular weight is 482 g/mol. The molecule has 0 aliphatic carbocycles. The lowest BCUT2D eigenvalue weighted by atomic mass is 10.1. The van der Waals surface area contributed by atoms with Crippen molar-refractivity contribution in [1.82, 2.24) is 14.8 Å². The topological polar surface area (TPSA) is 86.5 Å². The van der Waals surface area contributed by atoms with Gasteiger partial charge in [-0.05, 0) is 47.5 Å². The van der Waals surface area contributed by atoms with E-state index in [9.17, 15) is 4.79 Å². The third-order valence-corrected chi connectivity index (χ3v) is 5.79. The van der Waals surface area contributed by atoms with Gasteiger partial charge in [0.05, 0.1) is 33.7 Å². The number of carbonyl (C=O) groups is 1. The van der Waals surface area contributed by atoms with Crippen molar-refractivity contribution in [3.8, 4) is 17.2 Å². The molecule has 1 aliphatic heterocycles. The van der Waals surface area contributed by atoms with Crippen LogP contribution in [0.3, 0.4) is 0 Å². The Bertz CT molecular complexity index is 1040. The number of rotatable bonds is 11. The molecule has 0 unspecified atom stereocenters. The Labute approximate surface area is 205 Å². The lowest BCUT2D eigenvalue weighted by molar-refractivity contribution is 0.0319. The Kier molecular flexibility index (Phi) is 8.58. The van der Waals surface area contributed by atoms with Crippen LogP contribution in [0.15, 0.2) is 59.5 Å². The van der Waals surface area contributed by atoms with Crippen LogP contribution in [-0.4, -0.2) is 74.4 Å². The van der Waals surface area contributed by atoms with Crippen LogP contribution in [0.25, 0.3) is 0 Å². The molecule has 0 N–H and O–H groups in total. The van der Waals surface area contributed by atoms with Crippen LogP contribution in [0.5, 0.6) is 17.2 Å². The third kappa shape index (κ3) is 6.52. The number of morpholine rings is 1. The van der Waals surface area contributed by atoms with Gasteiger partial charge in [0.15, 0.2) is 17.3 Å². The fraction of sp³-hybridized carbons (Fsp3) is 0.385. The van der Waals surface area contributed by atoms with E-state index in [0.717, 1.165) is 44.0 Å². The first-order chi connectivity index (χ1) is 17.2. The summed E-state index contributed by atoms with van der Waals surface area (Å²) in [6, 6.07) is 10.9. The average Bonchev–Trinajstić information content (AvgIpc) is 3.44. The number of furan rings is 1. The Balaban J connectivity index is 1.52. The first-order valence-corrected chi connectivity index (χ1v) is 11.6. The molecule has 0 spiro atoms. The van der Waals surface area contributed by atoms with Crippen molar-refractivity contribution >= 4 is 5.91 Å². The van der Waals surface area contributed by atoms with Crippen LogP contribution in [-0.2, 0) is 17.8 Å². The third-order valence-electron chi connectivity index (χ3n) is 5.79. The van der Waals surface area contributed by atoms with E-state index in [1.54, 1.807) is 43.6 Å². The zero-order valence-corrected chi connectivity index (χ0v) is 20.1. The van der Waals surface area contributed by atoms with Gasteiger partial charge < -0.3 is 28.3 Å². The number of ether oxygens (including phenoxy) is 4. The van der Waals surface area contributed by atoms with Crippen molar-refractivity contribution in [3.63, 3.8) is 0 Å². The number of hydrogen-bond acceptors (Lipinski definition) is 8. The van der Waals surface area contributed by atoms with Gasteiger partial charge in [0.1, 0.15) is 6.61 Å².